The Balaban J connectivity index is 1.87. The highest BCUT2D eigenvalue weighted by atomic mass is 35.5. The molecule has 3 aromatic heterocycles. The van der Waals surface area contributed by atoms with Gasteiger partial charge in [0.1, 0.15) is 10.7 Å². The fraction of sp³-hybridized carbons (Fsp3) is 0. The van der Waals surface area contributed by atoms with Crippen LogP contribution in [0.15, 0.2) is 36.8 Å². The molecule has 0 fully saturated rings. The molecule has 4 aromatic rings. The maximum absolute atomic E-state index is 6.23. The second kappa shape index (κ2) is 5.28. The van der Waals surface area contributed by atoms with E-state index >= 15 is 0 Å². The molecule has 0 radical (unpaired) electrons. The minimum absolute atomic E-state index is 0.538. The van der Waals surface area contributed by atoms with Crippen molar-refractivity contribution in [2.75, 3.05) is 0 Å². The van der Waals surface area contributed by atoms with E-state index in [2.05, 4.69) is 25.3 Å². The lowest BCUT2D eigenvalue weighted by Crippen LogP contribution is -1.93. The van der Waals surface area contributed by atoms with Gasteiger partial charge in [0.15, 0.2) is 0 Å². The highest BCUT2D eigenvalue weighted by Crippen LogP contribution is 2.33. The van der Waals surface area contributed by atoms with Crippen molar-refractivity contribution in [1.82, 2.24) is 29.8 Å². The van der Waals surface area contributed by atoms with Crippen molar-refractivity contribution in [1.29, 1.82) is 0 Å². The predicted molar refractivity (Wildman–Crippen MR) is 85.1 cm³/mol. The van der Waals surface area contributed by atoms with E-state index in [0.29, 0.717) is 26.5 Å². The molecule has 1 aromatic carbocycles. The third-order valence-electron chi connectivity index (χ3n) is 2.94. The molecule has 4 rings (SSSR count). The minimum atomic E-state index is 0.538. The molecule has 3 heterocycles. The molecule has 0 amide bonds. The molecule has 6 nitrogen and oxygen atoms in total. The average Bonchev–Trinajstić information content (AvgIpc) is 3.08. The summed E-state index contributed by atoms with van der Waals surface area (Å²) in [7, 11) is 0. The van der Waals surface area contributed by atoms with Crippen molar-refractivity contribution in [3.63, 3.8) is 0 Å². The van der Waals surface area contributed by atoms with E-state index in [1.165, 1.54) is 11.3 Å². The van der Waals surface area contributed by atoms with E-state index in [1.54, 1.807) is 35.2 Å². The SMILES string of the molecule is Clc1ccc(-c2nn3c(-c4cnccn4)nnc3s2)c(Cl)c1. The van der Waals surface area contributed by atoms with E-state index in [4.69, 9.17) is 23.2 Å². The highest BCUT2D eigenvalue weighted by molar-refractivity contribution is 7.19. The van der Waals surface area contributed by atoms with Crippen molar-refractivity contribution in [2.24, 2.45) is 0 Å². The van der Waals surface area contributed by atoms with E-state index in [1.807, 2.05) is 6.07 Å². The van der Waals surface area contributed by atoms with Crippen molar-refractivity contribution in [3.05, 3.63) is 46.8 Å². The van der Waals surface area contributed by atoms with Gasteiger partial charge in [-0.05, 0) is 18.2 Å². The van der Waals surface area contributed by atoms with Crippen molar-refractivity contribution >= 4 is 39.5 Å². The molecule has 9 heteroatoms. The number of hydrogen-bond acceptors (Lipinski definition) is 6. The average molecular weight is 349 g/mol. The fourth-order valence-corrected chi connectivity index (χ4v) is 3.40. The molecule has 0 unspecified atom stereocenters. The Kier molecular flexibility index (Phi) is 3.25. The summed E-state index contributed by atoms with van der Waals surface area (Å²) in [6, 6.07) is 5.29. The number of nitrogens with zero attached hydrogens (tertiary/aromatic N) is 6. The Hall–Kier alpha value is -2.09. The third kappa shape index (κ3) is 2.23. The van der Waals surface area contributed by atoms with Crippen LogP contribution in [-0.2, 0) is 0 Å². The van der Waals surface area contributed by atoms with Crippen LogP contribution in [0.4, 0.5) is 0 Å². The van der Waals surface area contributed by atoms with Crippen molar-refractivity contribution in [2.45, 2.75) is 0 Å². The number of fused-ring (bicyclic) bond motifs is 1. The van der Waals surface area contributed by atoms with Crippen LogP contribution in [0.3, 0.4) is 0 Å². The predicted octanol–water partition coefficient (Wildman–Crippen LogP) is 3.62. The molecule has 22 heavy (non-hydrogen) atoms. The molecule has 0 saturated carbocycles. The van der Waals surface area contributed by atoms with Crippen LogP contribution in [0.1, 0.15) is 0 Å². The molecular formula is C13H6Cl2N6S. The highest BCUT2D eigenvalue weighted by Gasteiger charge is 2.16. The van der Waals surface area contributed by atoms with Crippen LogP contribution >= 0.6 is 34.5 Å². The van der Waals surface area contributed by atoms with Gasteiger partial charge in [-0.3, -0.25) is 4.98 Å². The first-order valence-corrected chi connectivity index (χ1v) is 7.73. The lowest BCUT2D eigenvalue weighted by Gasteiger charge is -1.99. The summed E-state index contributed by atoms with van der Waals surface area (Å²) in [6.45, 7) is 0. The Morgan fingerprint density at radius 1 is 1.09 bits per heavy atom. The normalized spacial score (nSPS) is 11.2. The van der Waals surface area contributed by atoms with Gasteiger partial charge in [0, 0.05) is 23.0 Å². The van der Waals surface area contributed by atoms with Crippen molar-refractivity contribution < 1.29 is 0 Å². The van der Waals surface area contributed by atoms with Crippen LogP contribution in [-0.4, -0.2) is 29.8 Å². The smallest absolute Gasteiger partial charge is 0.235 e. The van der Waals surface area contributed by atoms with Gasteiger partial charge < -0.3 is 0 Å². The number of benzene rings is 1. The molecule has 0 atom stereocenters. The topological polar surface area (TPSA) is 68.9 Å². The maximum Gasteiger partial charge on any atom is 0.235 e. The van der Waals surface area contributed by atoms with Gasteiger partial charge in [-0.2, -0.15) is 9.61 Å². The number of hydrogen-bond donors (Lipinski definition) is 0. The first-order valence-electron chi connectivity index (χ1n) is 6.16. The summed E-state index contributed by atoms with van der Waals surface area (Å²) in [5, 5.41) is 14.6. The zero-order valence-corrected chi connectivity index (χ0v) is 13.1. The van der Waals surface area contributed by atoms with E-state index in [9.17, 15) is 0 Å². The zero-order chi connectivity index (χ0) is 15.1. The number of halogens is 2. The van der Waals surface area contributed by atoms with Crippen LogP contribution in [0.25, 0.3) is 27.1 Å². The third-order valence-corrected chi connectivity index (χ3v) is 4.42. The van der Waals surface area contributed by atoms with E-state index < -0.39 is 0 Å². The van der Waals surface area contributed by atoms with Gasteiger partial charge >= 0.3 is 0 Å². The van der Waals surface area contributed by atoms with Gasteiger partial charge in [-0.15, -0.1) is 10.2 Å². The van der Waals surface area contributed by atoms with E-state index in [-0.39, 0.29) is 0 Å². The first kappa shape index (κ1) is 13.6. The minimum Gasteiger partial charge on any atom is -0.261 e. The largest absolute Gasteiger partial charge is 0.261 e. The molecular weight excluding hydrogens is 343 g/mol. The second-order valence-corrected chi connectivity index (χ2v) is 6.14. The molecule has 0 saturated heterocycles. The summed E-state index contributed by atoms with van der Waals surface area (Å²) >= 11 is 13.5. The molecule has 0 spiro atoms. The van der Waals surface area contributed by atoms with Crippen LogP contribution in [0.2, 0.25) is 10.0 Å². The fourth-order valence-electron chi connectivity index (χ4n) is 1.96. The quantitative estimate of drug-likeness (QED) is 0.553. The van der Waals surface area contributed by atoms with Crippen LogP contribution in [0, 0.1) is 0 Å². The maximum atomic E-state index is 6.23. The Labute approximate surface area is 138 Å². The second-order valence-electron chi connectivity index (χ2n) is 4.34. The number of rotatable bonds is 2. The van der Waals surface area contributed by atoms with Gasteiger partial charge in [0.2, 0.25) is 10.8 Å². The summed E-state index contributed by atoms with van der Waals surface area (Å²) in [6.07, 6.45) is 4.81. The first-order chi connectivity index (χ1) is 10.7. The standard InChI is InChI=1S/C13H6Cl2N6S/c14-7-1-2-8(9(15)5-7)12-20-21-11(18-19-13(21)22-12)10-6-16-3-4-17-10/h1-6H. The lowest BCUT2D eigenvalue weighted by molar-refractivity contribution is 0.957. The van der Waals surface area contributed by atoms with Gasteiger partial charge in [0.25, 0.3) is 0 Å². The Bertz CT molecular complexity index is 965. The Morgan fingerprint density at radius 2 is 2.00 bits per heavy atom. The lowest BCUT2D eigenvalue weighted by atomic mass is 10.2. The van der Waals surface area contributed by atoms with E-state index in [0.717, 1.165) is 10.6 Å². The monoisotopic (exact) mass is 348 g/mol. The summed E-state index contributed by atoms with van der Waals surface area (Å²) < 4.78 is 1.63. The molecule has 0 N–H and O–H groups in total. The Morgan fingerprint density at radius 3 is 2.77 bits per heavy atom. The van der Waals surface area contributed by atoms with Gasteiger partial charge in [-0.1, -0.05) is 34.5 Å². The molecule has 108 valence electrons. The molecule has 0 bridgehead atoms. The molecule has 0 aliphatic rings. The van der Waals surface area contributed by atoms with Gasteiger partial charge in [-0.25, -0.2) is 4.98 Å². The van der Waals surface area contributed by atoms with Crippen molar-refractivity contribution in [3.8, 4) is 22.1 Å². The zero-order valence-electron chi connectivity index (χ0n) is 10.8. The number of aromatic nitrogens is 6. The molecule has 0 aliphatic heterocycles. The summed E-state index contributed by atoms with van der Waals surface area (Å²) in [5.74, 6) is 0.538. The summed E-state index contributed by atoms with van der Waals surface area (Å²) in [4.78, 5) is 8.90. The van der Waals surface area contributed by atoms with Crippen LogP contribution < -0.4 is 0 Å². The van der Waals surface area contributed by atoms with Crippen LogP contribution in [0.5, 0.6) is 0 Å². The van der Waals surface area contributed by atoms with Gasteiger partial charge in [0.05, 0.1) is 11.2 Å². The molecule has 0 aliphatic carbocycles. The summed E-state index contributed by atoms with van der Waals surface area (Å²) in [5.41, 5.74) is 1.40.